The highest BCUT2D eigenvalue weighted by Crippen LogP contribution is 2.40. The van der Waals surface area contributed by atoms with Crippen molar-refractivity contribution >= 4 is 29.1 Å². The molecule has 1 aliphatic rings. The van der Waals surface area contributed by atoms with E-state index in [1.165, 1.54) is 27.5 Å². The van der Waals surface area contributed by atoms with Gasteiger partial charge in [-0.15, -0.1) is 12.4 Å². The second-order valence-electron chi connectivity index (χ2n) is 9.40. The van der Waals surface area contributed by atoms with Crippen LogP contribution in [-0.2, 0) is 11.2 Å². The number of carboxylic acid groups (broad SMARTS) is 1. The summed E-state index contributed by atoms with van der Waals surface area (Å²) >= 11 is 0. The Morgan fingerprint density at radius 3 is 2.61 bits per heavy atom. The Bertz CT molecular complexity index is 1330. The molecular weight excluding hydrogens is 470 g/mol. The number of nitrogens with one attached hydrogen (secondary N) is 1. The number of fused-ring (bicyclic) bond motifs is 2. The van der Waals surface area contributed by atoms with Crippen LogP contribution in [0.15, 0.2) is 91.0 Å². The molecule has 5 rings (SSSR count). The van der Waals surface area contributed by atoms with Crippen molar-refractivity contribution in [1.29, 1.82) is 0 Å². The van der Waals surface area contributed by atoms with Crippen molar-refractivity contribution in [2.24, 2.45) is 0 Å². The summed E-state index contributed by atoms with van der Waals surface area (Å²) in [6.07, 6.45) is 1.60. The van der Waals surface area contributed by atoms with Crippen molar-refractivity contribution in [3.63, 3.8) is 0 Å². The Balaban J connectivity index is 0.00000304. The SMILES string of the molecule is C[C@@H](NCC1CC(c2cccc(CCC(=O)O)c2)c2ccccc2O1)c1cccc2ccccc12.Cl. The zero-order valence-electron chi connectivity index (χ0n) is 20.4. The van der Waals surface area contributed by atoms with Gasteiger partial charge in [-0.1, -0.05) is 84.9 Å². The molecule has 0 radical (unpaired) electrons. The molecule has 4 aromatic rings. The van der Waals surface area contributed by atoms with Gasteiger partial charge in [-0.25, -0.2) is 0 Å². The first-order valence-corrected chi connectivity index (χ1v) is 12.4. The van der Waals surface area contributed by atoms with Crippen LogP contribution in [0.4, 0.5) is 0 Å². The Hall–Kier alpha value is -3.34. The maximum atomic E-state index is 11.0. The molecule has 0 spiro atoms. The summed E-state index contributed by atoms with van der Waals surface area (Å²) in [4.78, 5) is 11.0. The molecule has 2 unspecified atom stereocenters. The van der Waals surface area contributed by atoms with E-state index in [0.717, 1.165) is 24.3 Å². The number of carbonyl (C=O) groups is 1. The molecule has 2 N–H and O–H groups in total. The smallest absolute Gasteiger partial charge is 0.303 e. The van der Waals surface area contributed by atoms with E-state index in [1.54, 1.807) is 0 Å². The lowest BCUT2D eigenvalue weighted by Crippen LogP contribution is -2.37. The first kappa shape index (κ1) is 25.7. The molecule has 0 saturated heterocycles. The predicted octanol–water partition coefficient (Wildman–Crippen LogP) is 6.91. The van der Waals surface area contributed by atoms with Crippen LogP contribution in [0.25, 0.3) is 10.8 Å². The van der Waals surface area contributed by atoms with E-state index in [9.17, 15) is 4.79 Å². The summed E-state index contributed by atoms with van der Waals surface area (Å²) in [5.41, 5.74) is 4.77. The van der Waals surface area contributed by atoms with Crippen molar-refractivity contribution in [1.82, 2.24) is 5.32 Å². The fourth-order valence-electron chi connectivity index (χ4n) is 5.20. The van der Waals surface area contributed by atoms with Gasteiger partial charge < -0.3 is 15.2 Å². The van der Waals surface area contributed by atoms with Crippen LogP contribution in [-0.4, -0.2) is 23.7 Å². The summed E-state index contributed by atoms with van der Waals surface area (Å²) in [6.45, 7) is 2.95. The lowest BCUT2D eigenvalue weighted by Gasteiger charge is -2.33. The second-order valence-corrected chi connectivity index (χ2v) is 9.40. The van der Waals surface area contributed by atoms with Crippen molar-refractivity contribution in [2.75, 3.05) is 6.54 Å². The number of aryl methyl sites for hydroxylation is 1. The Kier molecular flexibility index (Phi) is 8.29. The minimum Gasteiger partial charge on any atom is -0.489 e. The Morgan fingerprint density at radius 1 is 1.00 bits per heavy atom. The van der Waals surface area contributed by atoms with Gasteiger partial charge >= 0.3 is 5.97 Å². The van der Waals surface area contributed by atoms with Gasteiger partial charge in [0.2, 0.25) is 0 Å². The van der Waals surface area contributed by atoms with Gasteiger partial charge in [0.15, 0.2) is 0 Å². The molecule has 36 heavy (non-hydrogen) atoms. The molecule has 4 nitrogen and oxygen atoms in total. The van der Waals surface area contributed by atoms with Crippen LogP contribution >= 0.6 is 12.4 Å². The highest BCUT2D eigenvalue weighted by atomic mass is 35.5. The van der Waals surface area contributed by atoms with E-state index in [2.05, 4.69) is 85.0 Å². The molecule has 0 amide bonds. The first-order chi connectivity index (χ1) is 17.1. The van der Waals surface area contributed by atoms with Gasteiger partial charge in [0.05, 0.1) is 0 Å². The highest BCUT2D eigenvalue weighted by Gasteiger charge is 2.29. The van der Waals surface area contributed by atoms with E-state index >= 15 is 0 Å². The van der Waals surface area contributed by atoms with Crippen molar-refractivity contribution < 1.29 is 14.6 Å². The number of para-hydroxylation sites is 1. The molecule has 4 aromatic carbocycles. The lowest BCUT2D eigenvalue weighted by molar-refractivity contribution is -0.136. The third kappa shape index (κ3) is 5.72. The van der Waals surface area contributed by atoms with Crippen LogP contribution < -0.4 is 10.1 Å². The molecule has 1 aliphatic heterocycles. The molecule has 0 fully saturated rings. The van der Waals surface area contributed by atoms with Crippen LogP contribution in [0.1, 0.15) is 54.0 Å². The number of rotatable bonds is 8. The molecule has 0 saturated carbocycles. The van der Waals surface area contributed by atoms with Crippen LogP contribution in [0.5, 0.6) is 5.75 Å². The van der Waals surface area contributed by atoms with E-state index in [-0.39, 0.29) is 36.9 Å². The number of hydrogen-bond donors (Lipinski definition) is 2. The van der Waals surface area contributed by atoms with Gasteiger partial charge in [0.25, 0.3) is 0 Å². The fourth-order valence-corrected chi connectivity index (χ4v) is 5.20. The zero-order valence-corrected chi connectivity index (χ0v) is 21.2. The Labute approximate surface area is 218 Å². The fraction of sp³-hybridized carbons (Fsp3) is 0.258. The van der Waals surface area contributed by atoms with Crippen LogP contribution in [0, 0.1) is 0 Å². The third-order valence-corrected chi connectivity index (χ3v) is 7.01. The van der Waals surface area contributed by atoms with Gasteiger partial charge in [-0.2, -0.15) is 0 Å². The summed E-state index contributed by atoms with van der Waals surface area (Å²) in [5, 5.41) is 15.3. The molecule has 5 heteroatoms. The molecule has 3 atom stereocenters. The van der Waals surface area contributed by atoms with Gasteiger partial charge in [-0.3, -0.25) is 4.79 Å². The number of hydrogen-bond acceptors (Lipinski definition) is 3. The summed E-state index contributed by atoms with van der Waals surface area (Å²) < 4.78 is 6.43. The van der Waals surface area contributed by atoms with Gasteiger partial charge in [0.1, 0.15) is 11.9 Å². The minimum atomic E-state index is -0.765. The standard InChI is InChI=1S/C31H31NO3.ClH/c1-21(26-14-7-10-23-9-2-3-12-27(23)26)32-20-25-19-29(28-13-4-5-15-30(28)35-25)24-11-6-8-22(18-24)16-17-31(33)34;/h2-15,18,21,25,29,32H,16-17,19-20H2,1H3,(H,33,34);1H/t21-,25?,29?;/m1./s1. The zero-order chi connectivity index (χ0) is 24.2. The number of halogens is 1. The third-order valence-electron chi connectivity index (χ3n) is 7.01. The topological polar surface area (TPSA) is 58.6 Å². The molecular formula is C31H32ClNO3. The average Bonchev–Trinajstić information content (AvgIpc) is 2.90. The molecule has 186 valence electrons. The average molecular weight is 502 g/mol. The predicted molar refractivity (Wildman–Crippen MR) is 147 cm³/mol. The number of aliphatic carboxylic acids is 1. The summed E-state index contributed by atoms with van der Waals surface area (Å²) in [7, 11) is 0. The largest absolute Gasteiger partial charge is 0.489 e. The van der Waals surface area contributed by atoms with Crippen molar-refractivity contribution in [3.05, 3.63) is 113 Å². The van der Waals surface area contributed by atoms with Crippen molar-refractivity contribution in [3.8, 4) is 5.75 Å². The maximum Gasteiger partial charge on any atom is 0.303 e. The molecule has 0 aliphatic carbocycles. The molecule has 1 heterocycles. The molecule has 0 bridgehead atoms. The minimum absolute atomic E-state index is 0. The monoisotopic (exact) mass is 501 g/mol. The van der Waals surface area contributed by atoms with E-state index in [1.807, 2.05) is 18.2 Å². The van der Waals surface area contributed by atoms with Crippen LogP contribution in [0.2, 0.25) is 0 Å². The van der Waals surface area contributed by atoms with Crippen molar-refractivity contribution in [2.45, 2.75) is 44.2 Å². The number of benzene rings is 4. The first-order valence-electron chi connectivity index (χ1n) is 12.4. The molecule has 0 aromatic heterocycles. The second kappa shape index (κ2) is 11.6. The summed E-state index contributed by atoms with van der Waals surface area (Å²) in [6, 6.07) is 31.8. The van der Waals surface area contributed by atoms with Crippen LogP contribution in [0.3, 0.4) is 0 Å². The normalized spacial score (nSPS) is 17.5. The maximum absolute atomic E-state index is 11.0. The lowest BCUT2D eigenvalue weighted by atomic mass is 9.83. The van der Waals surface area contributed by atoms with Gasteiger partial charge in [-0.05, 0) is 53.3 Å². The van der Waals surface area contributed by atoms with Gasteiger partial charge in [0, 0.05) is 30.5 Å². The summed E-state index contributed by atoms with van der Waals surface area (Å²) in [5.74, 6) is 0.381. The number of ether oxygens (including phenoxy) is 1. The van der Waals surface area contributed by atoms with E-state index in [4.69, 9.17) is 9.84 Å². The quantitative estimate of drug-likeness (QED) is 0.275. The Morgan fingerprint density at radius 2 is 1.75 bits per heavy atom. The number of carboxylic acids is 1. The van der Waals surface area contributed by atoms with E-state index in [0.29, 0.717) is 6.42 Å². The highest BCUT2D eigenvalue weighted by molar-refractivity contribution is 5.86. The van der Waals surface area contributed by atoms with E-state index < -0.39 is 5.97 Å².